The Bertz CT molecular complexity index is 447. The van der Waals surface area contributed by atoms with Gasteiger partial charge in [-0.2, -0.15) is 0 Å². The van der Waals surface area contributed by atoms with Gasteiger partial charge in [-0.05, 0) is 43.7 Å². The molecule has 0 bridgehead atoms. The summed E-state index contributed by atoms with van der Waals surface area (Å²) in [5, 5.41) is 16.9. The molecule has 0 saturated carbocycles. The van der Waals surface area contributed by atoms with Crippen LogP contribution in [0.1, 0.15) is 12.8 Å². The van der Waals surface area contributed by atoms with Gasteiger partial charge < -0.3 is 15.7 Å². The summed E-state index contributed by atoms with van der Waals surface area (Å²) in [6, 6.07) is 7.38. The van der Waals surface area contributed by atoms with E-state index in [1.807, 2.05) is 12.1 Å². The Balaban J connectivity index is 1.71. The molecule has 0 aromatic heterocycles. The van der Waals surface area contributed by atoms with Crippen LogP contribution in [0.2, 0.25) is 5.02 Å². The topological polar surface area (TPSA) is 61.4 Å². The van der Waals surface area contributed by atoms with Crippen LogP contribution in [0, 0.1) is 0 Å². The number of halogens is 1. The number of aliphatic hydroxyl groups is 1. The first-order valence-corrected chi connectivity index (χ1v) is 8.02. The highest BCUT2D eigenvalue weighted by molar-refractivity contribution is 8.00. The van der Waals surface area contributed by atoms with Crippen molar-refractivity contribution in [1.29, 1.82) is 0 Å². The molecule has 1 aliphatic heterocycles. The van der Waals surface area contributed by atoms with Gasteiger partial charge in [-0.15, -0.1) is 11.8 Å². The minimum atomic E-state index is -0.807. The Hall–Kier alpha value is -0.750. The number of hydrogen-bond donors (Lipinski definition) is 3. The minimum Gasteiger partial charge on any atom is -0.387 e. The predicted molar refractivity (Wildman–Crippen MR) is 82.2 cm³/mol. The van der Waals surface area contributed by atoms with Gasteiger partial charge in [0.05, 0.1) is 11.4 Å². The van der Waals surface area contributed by atoms with Gasteiger partial charge in [0.25, 0.3) is 0 Å². The van der Waals surface area contributed by atoms with Gasteiger partial charge in [-0.3, -0.25) is 4.79 Å². The lowest BCUT2D eigenvalue weighted by Gasteiger charge is -2.32. The summed E-state index contributed by atoms with van der Waals surface area (Å²) in [6.45, 7) is 1.78. The van der Waals surface area contributed by atoms with Crippen molar-refractivity contribution in [2.24, 2.45) is 0 Å². The van der Waals surface area contributed by atoms with Crippen molar-refractivity contribution in [3.63, 3.8) is 0 Å². The highest BCUT2D eigenvalue weighted by Gasteiger charge is 2.29. The third-order valence-corrected chi connectivity index (χ3v) is 4.51. The summed E-state index contributed by atoms with van der Waals surface area (Å²) in [5.41, 5.74) is -0.807. The zero-order valence-corrected chi connectivity index (χ0v) is 12.8. The van der Waals surface area contributed by atoms with Crippen molar-refractivity contribution < 1.29 is 9.90 Å². The lowest BCUT2D eigenvalue weighted by atomic mass is 9.94. The molecule has 20 heavy (non-hydrogen) atoms. The van der Waals surface area contributed by atoms with Gasteiger partial charge >= 0.3 is 0 Å². The zero-order chi connectivity index (χ0) is 14.4. The van der Waals surface area contributed by atoms with Crippen LogP contribution in [0.5, 0.6) is 0 Å². The fourth-order valence-corrected chi connectivity index (χ4v) is 2.95. The zero-order valence-electron chi connectivity index (χ0n) is 11.2. The van der Waals surface area contributed by atoms with Crippen LogP contribution in [0.3, 0.4) is 0 Å². The van der Waals surface area contributed by atoms with E-state index in [1.165, 1.54) is 11.8 Å². The molecule has 1 amide bonds. The summed E-state index contributed by atoms with van der Waals surface area (Å²) >= 11 is 7.26. The quantitative estimate of drug-likeness (QED) is 0.724. The van der Waals surface area contributed by atoms with Crippen molar-refractivity contribution in [3.05, 3.63) is 29.3 Å². The molecule has 1 aliphatic rings. The lowest BCUT2D eigenvalue weighted by Crippen LogP contribution is -2.53. The van der Waals surface area contributed by atoms with E-state index in [0.29, 0.717) is 23.9 Å². The van der Waals surface area contributed by atoms with Crippen molar-refractivity contribution in [3.8, 4) is 0 Å². The van der Waals surface area contributed by atoms with Crippen LogP contribution in [0.15, 0.2) is 29.2 Å². The van der Waals surface area contributed by atoms with Crippen molar-refractivity contribution in [2.45, 2.75) is 23.3 Å². The summed E-state index contributed by atoms with van der Waals surface area (Å²) in [4.78, 5) is 12.8. The summed E-state index contributed by atoms with van der Waals surface area (Å²) in [7, 11) is 0. The number of hydrogen-bond acceptors (Lipinski definition) is 4. The third-order valence-electron chi connectivity index (χ3n) is 3.25. The van der Waals surface area contributed by atoms with Gasteiger partial charge in [-0.1, -0.05) is 11.6 Å². The van der Waals surface area contributed by atoms with Gasteiger partial charge in [0, 0.05) is 23.0 Å². The van der Waals surface area contributed by atoms with E-state index in [0.717, 1.165) is 24.3 Å². The molecular formula is C14H19ClN2O2S. The first-order valence-electron chi connectivity index (χ1n) is 6.66. The van der Waals surface area contributed by atoms with Gasteiger partial charge in [0.1, 0.15) is 0 Å². The Kier molecular flexibility index (Phi) is 5.72. The molecule has 0 spiro atoms. The summed E-state index contributed by atoms with van der Waals surface area (Å²) < 4.78 is 0. The molecule has 1 unspecified atom stereocenters. The van der Waals surface area contributed by atoms with Crippen molar-refractivity contribution in [2.75, 3.05) is 25.4 Å². The van der Waals surface area contributed by atoms with E-state index < -0.39 is 5.60 Å². The molecule has 0 radical (unpaired) electrons. The Morgan fingerprint density at radius 3 is 2.85 bits per heavy atom. The molecule has 2 rings (SSSR count). The molecule has 1 aromatic rings. The maximum absolute atomic E-state index is 11.8. The number of amides is 1. The number of nitrogens with one attached hydrogen (secondary N) is 2. The van der Waals surface area contributed by atoms with Gasteiger partial charge in [0.2, 0.25) is 5.91 Å². The highest BCUT2D eigenvalue weighted by atomic mass is 35.5. The summed E-state index contributed by atoms with van der Waals surface area (Å²) in [5.74, 6) is 0.273. The van der Waals surface area contributed by atoms with E-state index in [9.17, 15) is 9.90 Å². The Morgan fingerprint density at radius 2 is 2.20 bits per heavy atom. The average molecular weight is 315 g/mol. The van der Waals surface area contributed by atoms with Crippen LogP contribution >= 0.6 is 23.4 Å². The van der Waals surface area contributed by atoms with Gasteiger partial charge in [-0.25, -0.2) is 0 Å². The molecule has 1 saturated heterocycles. The summed E-state index contributed by atoms with van der Waals surface area (Å²) in [6.07, 6.45) is 1.66. The molecule has 3 N–H and O–H groups in total. The highest BCUT2D eigenvalue weighted by Crippen LogP contribution is 2.20. The lowest BCUT2D eigenvalue weighted by molar-refractivity contribution is -0.120. The molecule has 4 nitrogen and oxygen atoms in total. The maximum atomic E-state index is 11.8. The van der Waals surface area contributed by atoms with Crippen LogP contribution in [0.25, 0.3) is 0 Å². The second-order valence-corrected chi connectivity index (χ2v) is 6.51. The smallest absolute Gasteiger partial charge is 0.230 e. The van der Waals surface area contributed by atoms with Crippen LogP contribution in [-0.4, -0.2) is 42.0 Å². The number of carbonyl (C=O) groups excluding carboxylic acids is 1. The number of piperidine rings is 1. The fourth-order valence-electron chi connectivity index (χ4n) is 2.10. The number of thioether (sulfide) groups is 1. The average Bonchev–Trinajstić information content (AvgIpc) is 2.45. The fraction of sp³-hybridized carbons (Fsp3) is 0.500. The SMILES string of the molecule is O=C(CSc1ccc(Cl)cc1)NCC1(O)CCCNC1. The standard InChI is InChI=1S/C14H19ClN2O2S/c15-11-2-4-12(5-3-11)20-8-13(18)17-10-14(19)6-1-7-16-9-14/h2-5,16,19H,1,6-10H2,(H,17,18). The van der Waals surface area contributed by atoms with Crippen molar-refractivity contribution >= 4 is 29.3 Å². The molecule has 1 atom stereocenters. The van der Waals surface area contributed by atoms with E-state index >= 15 is 0 Å². The second kappa shape index (κ2) is 7.31. The first kappa shape index (κ1) is 15.6. The number of carbonyl (C=O) groups is 1. The molecule has 1 fully saturated rings. The largest absolute Gasteiger partial charge is 0.387 e. The van der Waals surface area contributed by atoms with E-state index in [1.54, 1.807) is 12.1 Å². The molecule has 1 aromatic carbocycles. The van der Waals surface area contributed by atoms with Crippen LogP contribution in [0.4, 0.5) is 0 Å². The number of benzene rings is 1. The molecule has 6 heteroatoms. The van der Waals surface area contributed by atoms with Crippen LogP contribution < -0.4 is 10.6 Å². The first-order chi connectivity index (χ1) is 9.57. The van der Waals surface area contributed by atoms with E-state index in [4.69, 9.17) is 11.6 Å². The normalized spacial score (nSPS) is 22.5. The number of rotatable bonds is 5. The molecule has 110 valence electrons. The third kappa shape index (κ3) is 4.98. The Morgan fingerprint density at radius 1 is 1.45 bits per heavy atom. The number of β-amino-alcohol motifs (C(OH)–C–C–N with tert-alkyl or cyclic N) is 1. The maximum Gasteiger partial charge on any atom is 0.230 e. The van der Waals surface area contributed by atoms with Crippen molar-refractivity contribution in [1.82, 2.24) is 10.6 Å². The Labute approximate surface area is 128 Å². The second-order valence-electron chi connectivity index (χ2n) is 5.02. The van der Waals surface area contributed by atoms with Gasteiger partial charge in [0.15, 0.2) is 0 Å². The van der Waals surface area contributed by atoms with E-state index in [-0.39, 0.29) is 5.91 Å². The molecule has 1 heterocycles. The molecular weight excluding hydrogens is 296 g/mol. The monoisotopic (exact) mass is 314 g/mol. The molecule has 0 aliphatic carbocycles. The van der Waals surface area contributed by atoms with Crippen LogP contribution in [-0.2, 0) is 4.79 Å². The minimum absolute atomic E-state index is 0.0658. The predicted octanol–water partition coefficient (Wildman–Crippen LogP) is 1.66. The van der Waals surface area contributed by atoms with E-state index in [2.05, 4.69) is 10.6 Å².